The van der Waals surface area contributed by atoms with Crippen molar-refractivity contribution in [1.29, 1.82) is 0 Å². The Morgan fingerprint density at radius 1 is 1.35 bits per heavy atom. The minimum atomic E-state index is -1.48. The maximum Gasteiger partial charge on any atom is 0.394 e. The molecule has 0 fully saturated rings. The standard InChI is InChI=1S/C12H15NO4/c1-2-17-8-10-5-3-4-9(6-10)7-13-11(14)12(15)16/h3-6H,2,7-8H2,1H3,(H,13,14)(H,15,16). The zero-order valence-electron chi connectivity index (χ0n) is 9.60. The first-order chi connectivity index (χ1) is 8.13. The third kappa shape index (κ3) is 4.65. The molecule has 0 heterocycles. The molecule has 2 N–H and O–H groups in total. The molecule has 0 unspecified atom stereocenters. The first-order valence-electron chi connectivity index (χ1n) is 5.30. The van der Waals surface area contributed by atoms with Crippen LogP contribution in [0.5, 0.6) is 0 Å². The van der Waals surface area contributed by atoms with Crippen LogP contribution in [0.2, 0.25) is 0 Å². The van der Waals surface area contributed by atoms with Gasteiger partial charge in [-0.1, -0.05) is 24.3 Å². The SMILES string of the molecule is CCOCc1cccc(CNC(=O)C(=O)O)c1. The smallest absolute Gasteiger partial charge is 0.394 e. The third-order valence-electron chi connectivity index (χ3n) is 2.11. The number of carboxylic acids is 1. The molecule has 5 nitrogen and oxygen atoms in total. The lowest BCUT2D eigenvalue weighted by Gasteiger charge is -2.06. The van der Waals surface area contributed by atoms with Crippen molar-refractivity contribution in [2.45, 2.75) is 20.1 Å². The van der Waals surface area contributed by atoms with Crippen molar-refractivity contribution in [3.63, 3.8) is 0 Å². The Labute approximate surface area is 99.4 Å². The normalized spacial score (nSPS) is 9.94. The van der Waals surface area contributed by atoms with Crippen LogP contribution in [-0.4, -0.2) is 23.6 Å². The summed E-state index contributed by atoms with van der Waals surface area (Å²) in [4.78, 5) is 21.1. The summed E-state index contributed by atoms with van der Waals surface area (Å²) in [5.74, 6) is -2.48. The molecule has 0 atom stereocenters. The molecule has 0 radical (unpaired) electrons. The van der Waals surface area contributed by atoms with Crippen molar-refractivity contribution in [3.05, 3.63) is 35.4 Å². The number of ether oxygens (including phenoxy) is 1. The Balaban J connectivity index is 2.53. The molecule has 0 saturated carbocycles. The van der Waals surface area contributed by atoms with Gasteiger partial charge in [-0.05, 0) is 18.1 Å². The van der Waals surface area contributed by atoms with Crippen LogP contribution in [0, 0.1) is 0 Å². The van der Waals surface area contributed by atoms with Crippen LogP contribution in [0.1, 0.15) is 18.1 Å². The van der Waals surface area contributed by atoms with Gasteiger partial charge in [0.25, 0.3) is 0 Å². The molecule has 0 saturated heterocycles. The number of amides is 1. The highest BCUT2D eigenvalue weighted by Crippen LogP contribution is 2.06. The topological polar surface area (TPSA) is 75.6 Å². The predicted octanol–water partition coefficient (Wildman–Crippen LogP) is 0.924. The van der Waals surface area contributed by atoms with E-state index in [1.54, 1.807) is 0 Å². The fourth-order valence-corrected chi connectivity index (χ4v) is 1.31. The highest BCUT2D eigenvalue weighted by Gasteiger charge is 2.09. The molecule has 0 spiro atoms. The number of rotatable bonds is 5. The number of nitrogens with one attached hydrogen (secondary N) is 1. The van der Waals surface area contributed by atoms with Crippen molar-refractivity contribution < 1.29 is 19.4 Å². The number of hydrogen-bond acceptors (Lipinski definition) is 3. The van der Waals surface area contributed by atoms with Crippen LogP contribution in [0.3, 0.4) is 0 Å². The van der Waals surface area contributed by atoms with E-state index in [1.165, 1.54) is 0 Å². The highest BCUT2D eigenvalue weighted by molar-refractivity contribution is 6.31. The summed E-state index contributed by atoms with van der Waals surface area (Å²) in [7, 11) is 0. The van der Waals surface area contributed by atoms with Gasteiger partial charge in [-0.15, -0.1) is 0 Å². The lowest BCUT2D eigenvalue weighted by atomic mass is 10.1. The largest absolute Gasteiger partial charge is 0.474 e. The predicted molar refractivity (Wildman–Crippen MR) is 61.3 cm³/mol. The maximum absolute atomic E-state index is 10.8. The van der Waals surface area contributed by atoms with Gasteiger partial charge in [-0.3, -0.25) is 4.79 Å². The summed E-state index contributed by atoms with van der Waals surface area (Å²) in [6.07, 6.45) is 0. The van der Waals surface area contributed by atoms with Crippen LogP contribution in [0.4, 0.5) is 0 Å². The number of hydrogen-bond donors (Lipinski definition) is 2. The molecule has 17 heavy (non-hydrogen) atoms. The van der Waals surface area contributed by atoms with Crippen LogP contribution >= 0.6 is 0 Å². The molecule has 92 valence electrons. The summed E-state index contributed by atoms with van der Waals surface area (Å²) in [6.45, 7) is 3.26. The van der Waals surface area contributed by atoms with E-state index in [1.807, 2.05) is 31.2 Å². The average Bonchev–Trinajstić information content (AvgIpc) is 2.33. The van der Waals surface area contributed by atoms with E-state index in [9.17, 15) is 9.59 Å². The molecular weight excluding hydrogens is 222 g/mol. The molecule has 0 aliphatic carbocycles. The monoisotopic (exact) mass is 237 g/mol. The van der Waals surface area contributed by atoms with E-state index in [0.29, 0.717) is 13.2 Å². The molecule has 1 rings (SSSR count). The Morgan fingerprint density at radius 2 is 2.06 bits per heavy atom. The summed E-state index contributed by atoms with van der Waals surface area (Å²) in [5.41, 5.74) is 1.84. The zero-order valence-corrected chi connectivity index (χ0v) is 9.60. The van der Waals surface area contributed by atoms with Crippen molar-refractivity contribution in [3.8, 4) is 0 Å². The second-order valence-corrected chi connectivity index (χ2v) is 3.44. The summed E-state index contributed by atoms with van der Waals surface area (Å²) < 4.78 is 5.26. The number of carboxylic acid groups (broad SMARTS) is 1. The molecular formula is C12H15NO4. The van der Waals surface area contributed by atoms with Crippen molar-refractivity contribution in [1.82, 2.24) is 5.32 Å². The Bertz CT molecular complexity index is 403. The van der Waals surface area contributed by atoms with Gasteiger partial charge in [-0.2, -0.15) is 0 Å². The first kappa shape index (κ1) is 13.2. The first-order valence-corrected chi connectivity index (χ1v) is 5.30. The molecule has 0 aliphatic rings. The molecule has 5 heteroatoms. The third-order valence-corrected chi connectivity index (χ3v) is 2.11. The minimum absolute atomic E-state index is 0.200. The van der Waals surface area contributed by atoms with Gasteiger partial charge in [0.15, 0.2) is 0 Å². The van der Waals surface area contributed by atoms with Crippen LogP contribution in [-0.2, 0) is 27.5 Å². The second-order valence-electron chi connectivity index (χ2n) is 3.44. The fourth-order valence-electron chi connectivity index (χ4n) is 1.31. The van der Waals surface area contributed by atoms with Crippen LogP contribution < -0.4 is 5.32 Å². The molecule has 1 amide bonds. The van der Waals surface area contributed by atoms with Gasteiger partial charge < -0.3 is 15.2 Å². The summed E-state index contributed by atoms with van der Waals surface area (Å²) >= 11 is 0. The Hall–Kier alpha value is -1.88. The van der Waals surface area contributed by atoms with Crippen LogP contribution in [0.25, 0.3) is 0 Å². The van der Waals surface area contributed by atoms with Crippen molar-refractivity contribution in [2.24, 2.45) is 0 Å². The van der Waals surface area contributed by atoms with Crippen molar-refractivity contribution >= 4 is 11.9 Å². The summed E-state index contributed by atoms with van der Waals surface area (Å²) in [5, 5.41) is 10.7. The molecule has 1 aromatic carbocycles. The molecule has 1 aromatic rings. The Kier molecular flexibility index (Phi) is 5.16. The quantitative estimate of drug-likeness (QED) is 0.747. The summed E-state index contributed by atoms with van der Waals surface area (Å²) in [6, 6.07) is 7.45. The van der Waals surface area contributed by atoms with E-state index in [-0.39, 0.29) is 6.54 Å². The van der Waals surface area contributed by atoms with Gasteiger partial charge >= 0.3 is 11.9 Å². The van der Waals surface area contributed by atoms with E-state index in [0.717, 1.165) is 11.1 Å². The Morgan fingerprint density at radius 3 is 2.71 bits per heavy atom. The molecule has 0 aliphatic heterocycles. The number of aliphatic carboxylic acids is 1. The second kappa shape index (κ2) is 6.65. The number of carbonyl (C=O) groups is 2. The van der Waals surface area contributed by atoms with Crippen LogP contribution in [0.15, 0.2) is 24.3 Å². The van der Waals surface area contributed by atoms with Gasteiger partial charge in [0, 0.05) is 13.2 Å². The molecule has 0 bridgehead atoms. The fraction of sp³-hybridized carbons (Fsp3) is 0.333. The van der Waals surface area contributed by atoms with Gasteiger partial charge in [0.05, 0.1) is 6.61 Å². The van der Waals surface area contributed by atoms with Crippen molar-refractivity contribution in [2.75, 3.05) is 6.61 Å². The maximum atomic E-state index is 10.8. The minimum Gasteiger partial charge on any atom is -0.474 e. The molecule has 0 aromatic heterocycles. The van der Waals surface area contributed by atoms with E-state index < -0.39 is 11.9 Å². The van der Waals surface area contributed by atoms with Gasteiger partial charge in [0.1, 0.15) is 0 Å². The van der Waals surface area contributed by atoms with E-state index in [2.05, 4.69) is 5.32 Å². The van der Waals surface area contributed by atoms with Gasteiger partial charge in [0.2, 0.25) is 0 Å². The highest BCUT2D eigenvalue weighted by atomic mass is 16.5. The number of carbonyl (C=O) groups excluding carboxylic acids is 1. The lowest BCUT2D eigenvalue weighted by molar-refractivity contribution is -0.150. The number of benzene rings is 1. The lowest BCUT2D eigenvalue weighted by Crippen LogP contribution is -2.30. The zero-order chi connectivity index (χ0) is 12.7. The van der Waals surface area contributed by atoms with Gasteiger partial charge in [-0.25, -0.2) is 4.79 Å². The van der Waals surface area contributed by atoms with E-state index >= 15 is 0 Å². The van der Waals surface area contributed by atoms with E-state index in [4.69, 9.17) is 9.84 Å². The average molecular weight is 237 g/mol.